The maximum absolute atomic E-state index is 11.3. The van der Waals surface area contributed by atoms with Crippen molar-refractivity contribution in [2.75, 3.05) is 18.2 Å². The minimum absolute atomic E-state index is 0.0752. The molecule has 0 unspecified atom stereocenters. The summed E-state index contributed by atoms with van der Waals surface area (Å²) in [6, 6.07) is 0. The maximum Gasteiger partial charge on any atom is 0.266 e. The Balaban J connectivity index is 2.37. The van der Waals surface area contributed by atoms with Crippen LogP contribution in [0.2, 0.25) is 0 Å². The highest BCUT2D eigenvalue weighted by atomic mass is 16.5. The number of hydrogen-bond acceptors (Lipinski definition) is 5. The van der Waals surface area contributed by atoms with Gasteiger partial charge in [0.15, 0.2) is 5.82 Å². The van der Waals surface area contributed by atoms with E-state index in [-0.39, 0.29) is 24.7 Å². The van der Waals surface area contributed by atoms with Crippen molar-refractivity contribution in [3.8, 4) is 0 Å². The first-order valence-corrected chi connectivity index (χ1v) is 4.31. The zero-order chi connectivity index (χ0) is 11.3. The van der Waals surface area contributed by atoms with Crippen LogP contribution in [0.1, 0.15) is 6.92 Å². The molecule has 1 heterocycles. The van der Waals surface area contributed by atoms with Gasteiger partial charge in [-0.1, -0.05) is 0 Å². The molecular formula is C8H12N4O3. The van der Waals surface area contributed by atoms with Crippen LogP contribution in [0.15, 0.2) is 12.5 Å². The molecule has 0 aromatic carbocycles. The van der Waals surface area contributed by atoms with Crippen LogP contribution in [0.4, 0.5) is 5.82 Å². The molecule has 0 aliphatic carbocycles. The number of ketones is 1. The number of hydroxylamine groups is 1. The molecule has 0 fully saturated rings. The summed E-state index contributed by atoms with van der Waals surface area (Å²) in [4.78, 5) is 28.1. The Morgan fingerprint density at radius 3 is 2.87 bits per heavy atom. The molecule has 0 saturated heterocycles. The van der Waals surface area contributed by atoms with Crippen molar-refractivity contribution in [2.24, 2.45) is 0 Å². The Hall–Kier alpha value is -1.73. The standard InChI is InChI=1S/C8H12N4O3/c1-6(13)2-9-4-8(14)12(15)7-3-10-5-11-7/h3,5,9,15H,2,4H2,1H3,(H,10,11). The van der Waals surface area contributed by atoms with E-state index in [1.807, 2.05) is 0 Å². The minimum atomic E-state index is -0.569. The van der Waals surface area contributed by atoms with Crippen molar-refractivity contribution in [3.05, 3.63) is 12.5 Å². The first-order chi connectivity index (χ1) is 7.11. The van der Waals surface area contributed by atoms with E-state index < -0.39 is 5.91 Å². The summed E-state index contributed by atoms with van der Waals surface area (Å²) in [7, 11) is 0. The van der Waals surface area contributed by atoms with E-state index in [4.69, 9.17) is 0 Å². The van der Waals surface area contributed by atoms with E-state index in [0.717, 1.165) is 0 Å². The van der Waals surface area contributed by atoms with Crippen LogP contribution >= 0.6 is 0 Å². The number of nitrogens with one attached hydrogen (secondary N) is 2. The third-order valence-corrected chi connectivity index (χ3v) is 1.60. The third-order valence-electron chi connectivity index (χ3n) is 1.60. The summed E-state index contributed by atoms with van der Waals surface area (Å²) in [6.07, 6.45) is 2.65. The Kier molecular flexibility index (Phi) is 3.95. The summed E-state index contributed by atoms with van der Waals surface area (Å²) in [5.74, 6) is -0.459. The molecule has 1 amide bonds. The van der Waals surface area contributed by atoms with E-state index >= 15 is 0 Å². The van der Waals surface area contributed by atoms with Crippen molar-refractivity contribution in [2.45, 2.75) is 6.92 Å². The number of carbonyl (C=O) groups excluding carboxylic acids is 2. The summed E-state index contributed by atoms with van der Waals surface area (Å²) in [5.41, 5.74) is 0. The van der Waals surface area contributed by atoms with Crippen LogP contribution in [-0.2, 0) is 9.59 Å². The van der Waals surface area contributed by atoms with Crippen molar-refractivity contribution in [3.63, 3.8) is 0 Å². The topological polar surface area (TPSA) is 98.3 Å². The van der Waals surface area contributed by atoms with E-state index in [9.17, 15) is 14.8 Å². The summed E-state index contributed by atoms with van der Waals surface area (Å²) < 4.78 is 0. The minimum Gasteiger partial charge on any atom is -0.329 e. The van der Waals surface area contributed by atoms with Crippen LogP contribution in [-0.4, -0.2) is 40.0 Å². The van der Waals surface area contributed by atoms with E-state index in [1.165, 1.54) is 19.4 Å². The summed E-state index contributed by atoms with van der Waals surface area (Å²) in [6.45, 7) is 1.39. The predicted molar refractivity (Wildman–Crippen MR) is 51.4 cm³/mol. The molecule has 15 heavy (non-hydrogen) atoms. The second-order valence-corrected chi connectivity index (χ2v) is 2.95. The predicted octanol–water partition coefficient (Wildman–Crippen LogP) is -0.689. The van der Waals surface area contributed by atoms with Gasteiger partial charge in [-0.2, -0.15) is 5.06 Å². The molecule has 7 nitrogen and oxygen atoms in total. The fourth-order valence-corrected chi connectivity index (χ4v) is 0.919. The average Bonchev–Trinajstić information content (AvgIpc) is 2.68. The number of carbonyl (C=O) groups is 2. The molecule has 3 N–H and O–H groups in total. The molecule has 0 radical (unpaired) electrons. The summed E-state index contributed by atoms with van der Waals surface area (Å²) in [5, 5.41) is 12.4. The van der Waals surface area contributed by atoms with E-state index in [0.29, 0.717) is 5.06 Å². The lowest BCUT2D eigenvalue weighted by Gasteiger charge is -2.12. The molecule has 0 saturated carbocycles. The maximum atomic E-state index is 11.3. The van der Waals surface area contributed by atoms with E-state index in [1.54, 1.807) is 0 Å². The van der Waals surface area contributed by atoms with Crippen LogP contribution in [0, 0.1) is 0 Å². The lowest BCUT2D eigenvalue weighted by molar-refractivity contribution is -0.123. The highest BCUT2D eigenvalue weighted by Gasteiger charge is 2.13. The Bertz CT molecular complexity index is 336. The van der Waals surface area contributed by atoms with Crippen LogP contribution in [0.3, 0.4) is 0 Å². The van der Waals surface area contributed by atoms with Gasteiger partial charge in [0.05, 0.1) is 25.6 Å². The smallest absolute Gasteiger partial charge is 0.266 e. The van der Waals surface area contributed by atoms with Gasteiger partial charge in [0, 0.05) is 0 Å². The van der Waals surface area contributed by atoms with Crippen LogP contribution in [0.5, 0.6) is 0 Å². The largest absolute Gasteiger partial charge is 0.329 e. The van der Waals surface area contributed by atoms with Gasteiger partial charge in [0.25, 0.3) is 5.91 Å². The Labute approximate surface area is 86.1 Å². The molecule has 1 rings (SSSR count). The number of imidazole rings is 1. The van der Waals surface area contributed by atoms with Gasteiger partial charge in [0.2, 0.25) is 0 Å². The van der Waals surface area contributed by atoms with Gasteiger partial charge in [-0.05, 0) is 6.92 Å². The monoisotopic (exact) mass is 212 g/mol. The molecule has 7 heteroatoms. The highest BCUT2D eigenvalue weighted by Crippen LogP contribution is 2.04. The van der Waals surface area contributed by atoms with Gasteiger partial charge < -0.3 is 10.3 Å². The molecule has 0 spiro atoms. The van der Waals surface area contributed by atoms with Gasteiger partial charge in [-0.3, -0.25) is 14.8 Å². The number of aromatic amines is 1. The normalized spacial score (nSPS) is 10.0. The molecule has 0 atom stereocenters. The molecule has 0 aliphatic rings. The second kappa shape index (κ2) is 5.23. The fourth-order valence-electron chi connectivity index (χ4n) is 0.919. The van der Waals surface area contributed by atoms with Gasteiger partial charge in [-0.25, -0.2) is 4.98 Å². The number of hydrogen-bond donors (Lipinski definition) is 3. The second-order valence-electron chi connectivity index (χ2n) is 2.95. The first-order valence-electron chi connectivity index (χ1n) is 4.31. The van der Waals surface area contributed by atoms with Crippen molar-refractivity contribution in [1.82, 2.24) is 15.3 Å². The number of nitrogens with zero attached hydrogens (tertiary/aromatic N) is 2. The number of Topliss-reactive ketones (excluding diaryl/α,β-unsaturated/α-hetero) is 1. The molecular weight excluding hydrogens is 200 g/mol. The Morgan fingerprint density at radius 1 is 1.60 bits per heavy atom. The third kappa shape index (κ3) is 3.49. The fraction of sp³-hybridized carbons (Fsp3) is 0.375. The van der Waals surface area contributed by atoms with Crippen molar-refractivity contribution >= 4 is 17.5 Å². The number of aromatic nitrogens is 2. The van der Waals surface area contributed by atoms with Crippen LogP contribution in [0.25, 0.3) is 0 Å². The number of rotatable bonds is 5. The highest BCUT2D eigenvalue weighted by molar-refractivity contribution is 5.91. The number of amides is 1. The van der Waals surface area contributed by atoms with Crippen molar-refractivity contribution < 1.29 is 14.8 Å². The quantitative estimate of drug-likeness (QED) is 0.443. The van der Waals surface area contributed by atoms with Gasteiger partial charge in [-0.15, -0.1) is 0 Å². The zero-order valence-electron chi connectivity index (χ0n) is 8.23. The lowest BCUT2D eigenvalue weighted by Crippen LogP contribution is -2.37. The van der Waals surface area contributed by atoms with Gasteiger partial charge in [0.1, 0.15) is 5.78 Å². The summed E-state index contributed by atoms with van der Waals surface area (Å²) >= 11 is 0. The molecule has 1 aromatic rings. The zero-order valence-corrected chi connectivity index (χ0v) is 8.23. The number of H-pyrrole nitrogens is 1. The SMILES string of the molecule is CC(=O)CNCC(=O)N(O)c1cnc[nH]1. The average molecular weight is 212 g/mol. The van der Waals surface area contributed by atoms with Crippen molar-refractivity contribution in [1.29, 1.82) is 0 Å². The molecule has 1 aromatic heterocycles. The Morgan fingerprint density at radius 2 is 2.33 bits per heavy atom. The first kappa shape index (κ1) is 11.3. The lowest BCUT2D eigenvalue weighted by atomic mass is 10.4. The molecule has 0 aliphatic heterocycles. The molecule has 82 valence electrons. The van der Waals surface area contributed by atoms with Crippen LogP contribution < -0.4 is 10.4 Å². The molecule has 0 bridgehead atoms. The number of anilines is 1. The van der Waals surface area contributed by atoms with E-state index in [2.05, 4.69) is 15.3 Å². The van der Waals surface area contributed by atoms with Gasteiger partial charge >= 0.3 is 0 Å².